The predicted octanol–water partition coefficient (Wildman–Crippen LogP) is 4.15. The Bertz CT molecular complexity index is 1240. The van der Waals surface area contributed by atoms with Crippen LogP contribution >= 0.6 is 0 Å². The number of fused-ring (bicyclic) bond motifs is 1. The molecule has 2 amide bonds. The van der Waals surface area contributed by atoms with Crippen LogP contribution in [0.2, 0.25) is 0 Å². The van der Waals surface area contributed by atoms with Crippen molar-refractivity contribution >= 4 is 11.8 Å². The normalized spacial score (nSPS) is 21.1. The zero-order valence-corrected chi connectivity index (χ0v) is 21.2. The van der Waals surface area contributed by atoms with E-state index < -0.39 is 11.1 Å². The van der Waals surface area contributed by atoms with E-state index in [1.165, 1.54) is 7.11 Å². The number of allylic oxidation sites excluding steroid dienone is 2. The summed E-state index contributed by atoms with van der Waals surface area (Å²) in [6, 6.07) is 3.59. The Hall–Kier alpha value is -3.52. The predicted molar refractivity (Wildman–Crippen MR) is 133 cm³/mol. The number of nitrogens with zero attached hydrogens (tertiary/aromatic N) is 3. The van der Waals surface area contributed by atoms with Crippen molar-refractivity contribution in [2.45, 2.75) is 52.1 Å². The molecule has 0 unspecified atom stereocenters. The second-order valence-electron chi connectivity index (χ2n) is 9.76. The van der Waals surface area contributed by atoms with Crippen LogP contribution in [0.25, 0.3) is 11.3 Å². The summed E-state index contributed by atoms with van der Waals surface area (Å²) in [5, 5.41) is 3.06. The number of nitrogens with one attached hydrogen (secondary N) is 1. The third-order valence-corrected chi connectivity index (χ3v) is 6.75. The number of carbonyl (C=O) groups excluding carboxylic acids is 2. The number of methoxy groups -OCH3 is 1. The number of ether oxygens (including phenoxy) is 2. The van der Waals surface area contributed by atoms with E-state index in [-0.39, 0.29) is 17.7 Å². The summed E-state index contributed by atoms with van der Waals surface area (Å²) in [6.07, 6.45) is 5.91. The Morgan fingerprint density at radius 1 is 1.31 bits per heavy atom. The molecule has 0 saturated carbocycles. The molecule has 184 valence electrons. The number of amides is 2. The first-order valence-electron chi connectivity index (χ1n) is 11.7. The van der Waals surface area contributed by atoms with E-state index in [1.807, 2.05) is 46.8 Å². The van der Waals surface area contributed by atoms with E-state index in [0.29, 0.717) is 41.3 Å². The Morgan fingerprint density at radius 2 is 2.06 bits per heavy atom. The highest BCUT2D eigenvalue weighted by atomic mass is 16.5. The summed E-state index contributed by atoms with van der Waals surface area (Å²) in [5.74, 6) is -0.154. The monoisotopic (exact) mass is 476 g/mol. The first-order chi connectivity index (χ1) is 16.6. The van der Waals surface area contributed by atoms with Crippen molar-refractivity contribution in [3.63, 3.8) is 0 Å². The van der Waals surface area contributed by atoms with E-state index in [1.54, 1.807) is 23.2 Å². The molecule has 1 saturated heterocycles. The molecule has 0 aliphatic carbocycles. The molecule has 35 heavy (non-hydrogen) atoms. The van der Waals surface area contributed by atoms with Gasteiger partial charge < -0.3 is 14.8 Å². The van der Waals surface area contributed by atoms with Gasteiger partial charge in [-0.3, -0.25) is 14.5 Å². The lowest BCUT2D eigenvalue weighted by atomic mass is 9.95. The Kier molecular flexibility index (Phi) is 6.27. The quantitative estimate of drug-likeness (QED) is 0.630. The van der Waals surface area contributed by atoms with Crippen LogP contribution in [0.5, 0.6) is 5.88 Å². The zero-order chi connectivity index (χ0) is 25.5. The number of pyridine rings is 2. The van der Waals surface area contributed by atoms with Gasteiger partial charge in [-0.05, 0) is 64.8 Å². The average molecular weight is 477 g/mol. The van der Waals surface area contributed by atoms with Gasteiger partial charge in [-0.2, -0.15) is 0 Å². The first kappa shape index (κ1) is 24.6. The smallest absolute Gasteiger partial charge is 0.261 e. The van der Waals surface area contributed by atoms with Gasteiger partial charge in [-0.15, -0.1) is 0 Å². The van der Waals surface area contributed by atoms with Gasteiger partial charge in [0.25, 0.3) is 11.8 Å². The molecule has 2 aliphatic rings. The molecule has 1 atom stereocenters. The standard InChI is InChI=1S/C27H32N4O4/c1-8-18(9-2)31-25(33)21-16(3)12-20(29-22(21)26(31,4)5)17-13-19(24(34-7)28-14-17)23(32)30-27(6)10-11-35-15-27/h8-9,12-14H,1,10-11,15H2,2-7H3,(H,30,32)/b18-9+/t27-/m0/s1. The molecule has 4 heterocycles. The summed E-state index contributed by atoms with van der Waals surface area (Å²) in [5.41, 5.74) is 3.29. The van der Waals surface area contributed by atoms with Crippen molar-refractivity contribution in [3.05, 3.63) is 65.1 Å². The van der Waals surface area contributed by atoms with Crippen molar-refractivity contribution in [1.82, 2.24) is 20.2 Å². The molecule has 1 N–H and O–H groups in total. The maximum absolute atomic E-state index is 13.4. The fraction of sp³-hybridized carbons (Fsp3) is 0.407. The summed E-state index contributed by atoms with van der Waals surface area (Å²) in [4.78, 5) is 37.6. The summed E-state index contributed by atoms with van der Waals surface area (Å²) >= 11 is 0. The summed E-state index contributed by atoms with van der Waals surface area (Å²) in [7, 11) is 1.48. The van der Waals surface area contributed by atoms with Crippen molar-refractivity contribution in [2.75, 3.05) is 20.3 Å². The lowest BCUT2D eigenvalue weighted by Crippen LogP contribution is -2.46. The molecule has 8 heteroatoms. The van der Waals surface area contributed by atoms with Crippen LogP contribution in [0.3, 0.4) is 0 Å². The number of aryl methyl sites for hydroxylation is 1. The molecule has 0 aromatic carbocycles. The van der Waals surface area contributed by atoms with Crippen molar-refractivity contribution in [3.8, 4) is 17.1 Å². The highest BCUT2D eigenvalue weighted by Gasteiger charge is 2.46. The molecule has 0 spiro atoms. The summed E-state index contributed by atoms with van der Waals surface area (Å²) in [6.45, 7) is 14.6. The topological polar surface area (TPSA) is 93.7 Å². The maximum atomic E-state index is 13.4. The maximum Gasteiger partial charge on any atom is 0.261 e. The van der Waals surface area contributed by atoms with Crippen LogP contribution in [0.4, 0.5) is 0 Å². The molecule has 0 radical (unpaired) electrons. The van der Waals surface area contributed by atoms with Crippen LogP contribution in [-0.2, 0) is 10.3 Å². The van der Waals surface area contributed by atoms with E-state index >= 15 is 0 Å². The molecular weight excluding hydrogens is 444 g/mol. The minimum atomic E-state index is -0.680. The minimum Gasteiger partial charge on any atom is -0.480 e. The molecule has 0 bridgehead atoms. The van der Waals surface area contributed by atoms with Gasteiger partial charge >= 0.3 is 0 Å². The second kappa shape index (κ2) is 8.92. The van der Waals surface area contributed by atoms with Crippen LogP contribution in [0.1, 0.15) is 66.1 Å². The zero-order valence-electron chi connectivity index (χ0n) is 21.2. The van der Waals surface area contributed by atoms with Crippen LogP contribution < -0.4 is 10.1 Å². The largest absolute Gasteiger partial charge is 0.480 e. The van der Waals surface area contributed by atoms with Crippen LogP contribution in [-0.4, -0.2) is 52.5 Å². The molecule has 4 rings (SSSR count). The van der Waals surface area contributed by atoms with Crippen LogP contribution in [0, 0.1) is 6.92 Å². The van der Waals surface area contributed by atoms with E-state index in [9.17, 15) is 9.59 Å². The summed E-state index contributed by atoms with van der Waals surface area (Å²) < 4.78 is 10.8. The first-order valence-corrected chi connectivity index (χ1v) is 11.7. The number of rotatable bonds is 6. The third kappa shape index (κ3) is 4.12. The average Bonchev–Trinajstić information content (AvgIpc) is 3.34. The number of aromatic nitrogens is 2. The van der Waals surface area contributed by atoms with Gasteiger partial charge in [0.05, 0.1) is 41.7 Å². The molecule has 1 fully saturated rings. The number of hydrogen-bond donors (Lipinski definition) is 1. The highest BCUT2D eigenvalue weighted by Crippen LogP contribution is 2.42. The third-order valence-electron chi connectivity index (χ3n) is 6.75. The van der Waals surface area contributed by atoms with Crippen LogP contribution in [0.15, 0.2) is 42.8 Å². The van der Waals surface area contributed by atoms with E-state index in [4.69, 9.17) is 14.5 Å². The number of carbonyl (C=O) groups is 2. The molecule has 2 aromatic rings. The van der Waals surface area contributed by atoms with Gasteiger partial charge in [0, 0.05) is 24.1 Å². The van der Waals surface area contributed by atoms with Gasteiger partial charge in [0.2, 0.25) is 5.88 Å². The molecular formula is C27H32N4O4. The molecule has 2 aromatic heterocycles. The van der Waals surface area contributed by atoms with E-state index in [2.05, 4.69) is 16.9 Å². The lowest BCUT2D eigenvalue weighted by molar-refractivity contribution is 0.0715. The van der Waals surface area contributed by atoms with Gasteiger partial charge in [0.1, 0.15) is 5.56 Å². The van der Waals surface area contributed by atoms with Gasteiger partial charge in [-0.25, -0.2) is 9.97 Å². The Balaban J connectivity index is 1.77. The lowest BCUT2D eigenvalue weighted by Gasteiger charge is -2.32. The van der Waals surface area contributed by atoms with Crippen molar-refractivity contribution < 1.29 is 19.1 Å². The fourth-order valence-electron chi connectivity index (χ4n) is 4.81. The fourth-order valence-corrected chi connectivity index (χ4v) is 4.81. The molecule has 8 nitrogen and oxygen atoms in total. The number of hydrogen-bond acceptors (Lipinski definition) is 6. The van der Waals surface area contributed by atoms with Gasteiger partial charge in [-0.1, -0.05) is 12.7 Å². The van der Waals surface area contributed by atoms with Gasteiger partial charge in [0.15, 0.2) is 0 Å². The van der Waals surface area contributed by atoms with Crippen molar-refractivity contribution in [2.24, 2.45) is 0 Å². The minimum absolute atomic E-state index is 0.102. The SMILES string of the molecule is C=C/C(=C\C)N1C(=O)c2c(C)cc(-c3cnc(OC)c(C(=O)N[C@@]4(C)CCOC4)c3)nc2C1(C)C. The van der Waals surface area contributed by atoms with Crippen molar-refractivity contribution in [1.29, 1.82) is 0 Å². The van der Waals surface area contributed by atoms with E-state index in [0.717, 1.165) is 17.7 Å². The highest BCUT2D eigenvalue weighted by molar-refractivity contribution is 6.02. The molecule has 2 aliphatic heterocycles. The Labute approximate surface area is 206 Å². The Morgan fingerprint density at radius 3 is 2.66 bits per heavy atom. The second-order valence-corrected chi connectivity index (χ2v) is 9.76.